The SMILES string of the molecule is COc1cccc(OS(=O)(=O)/C=C/c2cccc(Cl)c2)c1. The van der Waals surface area contributed by atoms with Crippen molar-refractivity contribution in [3.63, 3.8) is 0 Å². The molecule has 4 nitrogen and oxygen atoms in total. The molecule has 0 heterocycles. The Bertz CT molecular complexity index is 754. The summed E-state index contributed by atoms with van der Waals surface area (Å²) < 4.78 is 33.7. The third-order valence-electron chi connectivity index (χ3n) is 2.53. The molecule has 0 aromatic heterocycles. The summed E-state index contributed by atoms with van der Waals surface area (Å²) in [5.74, 6) is 0.701. The predicted molar refractivity (Wildman–Crippen MR) is 83.0 cm³/mol. The van der Waals surface area contributed by atoms with Crippen LogP contribution in [-0.2, 0) is 10.1 Å². The Balaban J connectivity index is 2.15. The lowest BCUT2D eigenvalue weighted by Crippen LogP contribution is -2.05. The number of halogens is 1. The van der Waals surface area contributed by atoms with Gasteiger partial charge in [0.05, 0.1) is 12.5 Å². The highest BCUT2D eigenvalue weighted by molar-refractivity contribution is 7.90. The van der Waals surface area contributed by atoms with Gasteiger partial charge in [-0.1, -0.05) is 29.8 Å². The van der Waals surface area contributed by atoms with Crippen molar-refractivity contribution < 1.29 is 17.3 Å². The number of ether oxygens (including phenoxy) is 1. The van der Waals surface area contributed by atoms with E-state index >= 15 is 0 Å². The molecule has 0 amide bonds. The molecule has 2 aromatic carbocycles. The van der Waals surface area contributed by atoms with Gasteiger partial charge in [-0.2, -0.15) is 8.42 Å². The van der Waals surface area contributed by atoms with Crippen molar-refractivity contribution in [3.05, 3.63) is 64.5 Å². The second-order valence-corrected chi connectivity index (χ2v) is 5.97. The molecule has 0 saturated heterocycles. The maximum Gasteiger partial charge on any atom is 0.332 e. The number of hydrogen-bond acceptors (Lipinski definition) is 4. The van der Waals surface area contributed by atoms with Gasteiger partial charge in [-0.25, -0.2) is 0 Å². The van der Waals surface area contributed by atoms with Crippen LogP contribution in [-0.4, -0.2) is 15.5 Å². The third-order valence-corrected chi connectivity index (χ3v) is 3.66. The van der Waals surface area contributed by atoms with Gasteiger partial charge in [-0.05, 0) is 35.9 Å². The first-order chi connectivity index (χ1) is 9.98. The highest BCUT2D eigenvalue weighted by Crippen LogP contribution is 2.21. The van der Waals surface area contributed by atoms with E-state index in [2.05, 4.69) is 0 Å². The van der Waals surface area contributed by atoms with Crippen molar-refractivity contribution in [1.29, 1.82) is 0 Å². The average Bonchev–Trinajstić information content (AvgIpc) is 2.45. The molecule has 2 aromatic rings. The second-order valence-electron chi connectivity index (χ2n) is 4.11. The van der Waals surface area contributed by atoms with Crippen LogP contribution in [0.4, 0.5) is 0 Å². The fraction of sp³-hybridized carbons (Fsp3) is 0.0667. The summed E-state index contributed by atoms with van der Waals surface area (Å²) in [5.41, 5.74) is 0.667. The molecule has 2 rings (SSSR count). The first-order valence-electron chi connectivity index (χ1n) is 6.01. The molecule has 0 spiro atoms. The lowest BCUT2D eigenvalue weighted by Gasteiger charge is -2.05. The van der Waals surface area contributed by atoms with Crippen molar-refractivity contribution in [3.8, 4) is 11.5 Å². The number of rotatable bonds is 5. The summed E-state index contributed by atoms with van der Waals surface area (Å²) in [7, 11) is -2.36. The van der Waals surface area contributed by atoms with Crippen molar-refractivity contribution in [2.75, 3.05) is 7.11 Å². The Hall–Kier alpha value is -1.98. The zero-order valence-corrected chi connectivity index (χ0v) is 12.8. The van der Waals surface area contributed by atoms with Crippen LogP contribution in [0.3, 0.4) is 0 Å². The van der Waals surface area contributed by atoms with Crippen LogP contribution in [0.1, 0.15) is 5.56 Å². The lowest BCUT2D eigenvalue weighted by molar-refractivity contribution is 0.412. The lowest BCUT2D eigenvalue weighted by atomic mass is 10.2. The minimum atomic E-state index is -3.85. The average molecular weight is 325 g/mol. The monoisotopic (exact) mass is 324 g/mol. The molecule has 0 unspecified atom stereocenters. The van der Waals surface area contributed by atoms with Crippen LogP contribution in [0, 0.1) is 0 Å². The molecular weight excluding hydrogens is 312 g/mol. The van der Waals surface area contributed by atoms with Gasteiger partial charge in [0, 0.05) is 11.1 Å². The van der Waals surface area contributed by atoms with E-state index in [-0.39, 0.29) is 5.75 Å². The summed E-state index contributed by atoms with van der Waals surface area (Å²) in [5, 5.41) is 1.52. The Labute approximate surface area is 128 Å². The van der Waals surface area contributed by atoms with Gasteiger partial charge < -0.3 is 8.92 Å². The molecule has 0 saturated carbocycles. The minimum absolute atomic E-state index is 0.185. The Morgan fingerprint density at radius 2 is 1.76 bits per heavy atom. The predicted octanol–water partition coefficient (Wildman–Crippen LogP) is 3.73. The number of benzene rings is 2. The molecule has 110 valence electrons. The van der Waals surface area contributed by atoms with E-state index in [0.29, 0.717) is 16.3 Å². The molecule has 0 aliphatic carbocycles. The quantitative estimate of drug-likeness (QED) is 0.786. The molecule has 0 aliphatic rings. The minimum Gasteiger partial charge on any atom is -0.497 e. The van der Waals surface area contributed by atoms with E-state index in [9.17, 15) is 8.42 Å². The highest BCUT2D eigenvalue weighted by Gasteiger charge is 2.08. The van der Waals surface area contributed by atoms with Gasteiger partial charge in [-0.15, -0.1) is 0 Å². The van der Waals surface area contributed by atoms with E-state index in [1.807, 2.05) is 0 Å². The Morgan fingerprint density at radius 3 is 2.48 bits per heavy atom. The second kappa shape index (κ2) is 6.65. The molecule has 0 N–H and O–H groups in total. The summed E-state index contributed by atoms with van der Waals surface area (Å²) in [6.45, 7) is 0. The standard InChI is InChI=1S/C15H13ClO4S/c1-19-14-6-3-7-15(11-14)20-21(17,18)9-8-12-4-2-5-13(16)10-12/h2-11H,1H3/b9-8+. The van der Waals surface area contributed by atoms with E-state index in [4.69, 9.17) is 20.5 Å². The largest absolute Gasteiger partial charge is 0.497 e. The zero-order chi connectivity index (χ0) is 15.3. The molecule has 0 fully saturated rings. The first kappa shape index (κ1) is 15.4. The van der Waals surface area contributed by atoms with Gasteiger partial charge in [0.15, 0.2) is 0 Å². The molecule has 6 heteroatoms. The molecule has 21 heavy (non-hydrogen) atoms. The van der Waals surface area contributed by atoms with Crippen LogP contribution < -0.4 is 8.92 Å². The van der Waals surface area contributed by atoms with Gasteiger partial charge in [0.25, 0.3) is 0 Å². The summed E-state index contributed by atoms with van der Waals surface area (Å²) in [6.07, 6.45) is 1.42. The first-order valence-corrected chi connectivity index (χ1v) is 7.86. The number of methoxy groups -OCH3 is 1. The van der Waals surface area contributed by atoms with Crippen LogP contribution in [0.25, 0.3) is 6.08 Å². The van der Waals surface area contributed by atoms with Crippen molar-refractivity contribution in [2.24, 2.45) is 0 Å². The maximum atomic E-state index is 11.9. The summed E-state index contributed by atoms with van der Waals surface area (Å²) in [6, 6.07) is 13.2. The van der Waals surface area contributed by atoms with Gasteiger partial charge in [0.1, 0.15) is 11.5 Å². The molecule has 0 radical (unpaired) electrons. The molecule has 0 aliphatic heterocycles. The fourth-order valence-corrected chi connectivity index (χ4v) is 2.54. The Morgan fingerprint density at radius 1 is 1.05 bits per heavy atom. The maximum absolute atomic E-state index is 11.9. The Kier molecular flexibility index (Phi) is 4.88. The van der Waals surface area contributed by atoms with E-state index < -0.39 is 10.1 Å². The van der Waals surface area contributed by atoms with Crippen LogP contribution in [0.15, 0.2) is 53.9 Å². The van der Waals surface area contributed by atoms with E-state index in [1.54, 1.807) is 36.4 Å². The zero-order valence-electron chi connectivity index (χ0n) is 11.2. The molecule has 0 atom stereocenters. The number of hydrogen-bond donors (Lipinski definition) is 0. The highest BCUT2D eigenvalue weighted by atomic mass is 35.5. The molecular formula is C15H13ClO4S. The van der Waals surface area contributed by atoms with Crippen LogP contribution in [0.2, 0.25) is 5.02 Å². The smallest absolute Gasteiger partial charge is 0.332 e. The third kappa shape index (κ3) is 4.81. The van der Waals surface area contributed by atoms with Crippen molar-refractivity contribution in [2.45, 2.75) is 0 Å². The van der Waals surface area contributed by atoms with E-state index in [0.717, 1.165) is 5.41 Å². The van der Waals surface area contributed by atoms with Gasteiger partial charge in [0.2, 0.25) is 0 Å². The normalized spacial score (nSPS) is 11.5. The topological polar surface area (TPSA) is 52.6 Å². The van der Waals surface area contributed by atoms with Crippen LogP contribution in [0.5, 0.6) is 11.5 Å². The summed E-state index contributed by atoms with van der Waals surface area (Å²) >= 11 is 5.83. The van der Waals surface area contributed by atoms with Crippen LogP contribution >= 0.6 is 11.6 Å². The van der Waals surface area contributed by atoms with Crippen molar-refractivity contribution >= 4 is 27.8 Å². The fourth-order valence-electron chi connectivity index (χ4n) is 1.59. The molecule has 0 bridgehead atoms. The van der Waals surface area contributed by atoms with E-state index in [1.165, 1.54) is 25.3 Å². The summed E-state index contributed by atoms with van der Waals surface area (Å²) in [4.78, 5) is 0. The van der Waals surface area contributed by atoms with Gasteiger partial charge in [-0.3, -0.25) is 0 Å². The van der Waals surface area contributed by atoms with Crippen molar-refractivity contribution in [1.82, 2.24) is 0 Å². The van der Waals surface area contributed by atoms with Gasteiger partial charge >= 0.3 is 10.1 Å².